The monoisotopic (exact) mass is 315 g/mol. The zero-order valence-electron chi connectivity index (χ0n) is 12.5. The van der Waals surface area contributed by atoms with Gasteiger partial charge in [-0.3, -0.25) is 9.59 Å². The third-order valence-electron chi connectivity index (χ3n) is 3.56. The lowest BCUT2D eigenvalue weighted by Gasteiger charge is -2.24. The van der Waals surface area contributed by atoms with Crippen molar-refractivity contribution in [3.63, 3.8) is 0 Å². The molecule has 0 unspecified atom stereocenters. The van der Waals surface area contributed by atoms with E-state index in [1.54, 1.807) is 24.3 Å². The molecule has 0 spiro atoms. The van der Waals surface area contributed by atoms with Crippen molar-refractivity contribution in [2.24, 2.45) is 5.92 Å². The van der Waals surface area contributed by atoms with Gasteiger partial charge in [0.15, 0.2) is 5.78 Å². The summed E-state index contributed by atoms with van der Waals surface area (Å²) in [5.74, 6) is -0.561. The first-order chi connectivity index (χ1) is 10.5. The van der Waals surface area contributed by atoms with Crippen LogP contribution in [0.4, 0.5) is 0 Å². The highest BCUT2D eigenvalue weighted by molar-refractivity contribution is 6.30. The second kappa shape index (κ2) is 7.23. The average molecular weight is 316 g/mol. The number of carbonyl (C=O) groups is 2. The van der Waals surface area contributed by atoms with Crippen LogP contribution in [-0.2, 0) is 4.79 Å². The highest BCUT2D eigenvalue weighted by Crippen LogP contribution is 2.26. The van der Waals surface area contributed by atoms with E-state index in [0.29, 0.717) is 10.6 Å². The quantitative estimate of drug-likeness (QED) is 0.846. The molecule has 2 aromatic carbocycles. The first-order valence-electron chi connectivity index (χ1n) is 7.11. The summed E-state index contributed by atoms with van der Waals surface area (Å²) in [5.41, 5.74) is 1.50. The Morgan fingerprint density at radius 2 is 1.59 bits per heavy atom. The lowest BCUT2D eigenvalue weighted by atomic mass is 9.88. The largest absolute Gasteiger partial charge is 0.349 e. The van der Waals surface area contributed by atoms with Crippen LogP contribution in [0, 0.1) is 5.92 Å². The fraction of sp³-hybridized carbons (Fsp3) is 0.222. The number of halogens is 1. The van der Waals surface area contributed by atoms with Gasteiger partial charge < -0.3 is 5.32 Å². The molecule has 0 radical (unpaired) electrons. The van der Waals surface area contributed by atoms with Crippen LogP contribution in [0.1, 0.15) is 35.8 Å². The van der Waals surface area contributed by atoms with Crippen molar-refractivity contribution >= 4 is 23.3 Å². The van der Waals surface area contributed by atoms with Gasteiger partial charge in [-0.15, -0.1) is 0 Å². The van der Waals surface area contributed by atoms with Gasteiger partial charge in [0.1, 0.15) is 0 Å². The molecule has 114 valence electrons. The predicted molar refractivity (Wildman–Crippen MR) is 87.9 cm³/mol. The van der Waals surface area contributed by atoms with Crippen molar-refractivity contribution in [1.82, 2.24) is 5.32 Å². The van der Waals surface area contributed by atoms with Gasteiger partial charge in [0, 0.05) is 23.4 Å². The van der Waals surface area contributed by atoms with E-state index in [1.807, 2.05) is 37.3 Å². The van der Waals surface area contributed by atoms with Crippen LogP contribution in [0.5, 0.6) is 0 Å². The first kappa shape index (κ1) is 16.2. The maximum atomic E-state index is 12.6. The molecular weight excluding hydrogens is 298 g/mol. The molecule has 22 heavy (non-hydrogen) atoms. The Morgan fingerprint density at radius 3 is 2.14 bits per heavy atom. The number of carbonyl (C=O) groups excluding carboxylic acids is 2. The summed E-state index contributed by atoms with van der Waals surface area (Å²) in [4.78, 5) is 24.1. The van der Waals surface area contributed by atoms with Crippen molar-refractivity contribution in [2.75, 3.05) is 0 Å². The van der Waals surface area contributed by atoms with Gasteiger partial charge in [-0.2, -0.15) is 0 Å². The Labute approximate surface area is 135 Å². The summed E-state index contributed by atoms with van der Waals surface area (Å²) in [6.45, 7) is 3.27. The highest BCUT2D eigenvalue weighted by atomic mass is 35.5. The number of nitrogens with one attached hydrogen (secondary N) is 1. The number of hydrogen-bond acceptors (Lipinski definition) is 2. The normalized spacial score (nSPS) is 13.2. The zero-order chi connectivity index (χ0) is 16.1. The summed E-state index contributed by atoms with van der Waals surface area (Å²) >= 11 is 5.91. The lowest BCUT2D eigenvalue weighted by molar-refractivity contribution is -0.119. The molecule has 0 aromatic heterocycles. The molecule has 0 saturated carbocycles. The van der Waals surface area contributed by atoms with Gasteiger partial charge in [0.2, 0.25) is 5.91 Å². The molecule has 0 aliphatic rings. The van der Waals surface area contributed by atoms with E-state index in [4.69, 9.17) is 11.6 Å². The van der Waals surface area contributed by atoms with E-state index >= 15 is 0 Å². The van der Waals surface area contributed by atoms with E-state index in [9.17, 15) is 9.59 Å². The van der Waals surface area contributed by atoms with Crippen molar-refractivity contribution in [1.29, 1.82) is 0 Å². The molecule has 0 aliphatic heterocycles. The minimum absolute atomic E-state index is 0.00528. The third kappa shape index (κ3) is 3.95. The van der Waals surface area contributed by atoms with Gasteiger partial charge in [-0.25, -0.2) is 0 Å². The molecular formula is C18H18ClNO2. The van der Waals surface area contributed by atoms with Gasteiger partial charge in [0.05, 0.1) is 6.04 Å². The number of benzene rings is 2. The van der Waals surface area contributed by atoms with Gasteiger partial charge in [-0.1, -0.05) is 61.0 Å². The van der Waals surface area contributed by atoms with E-state index in [-0.39, 0.29) is 23.7 Å². The predicted octanol–water partition coefficient (Wildman–Crippen LogP) is 4.04. The standard InChI is InChI=1S/C18H18ClNO2/c1-12(18(22)15-6-4-3-5-7-15)17(20-13(2)21)14-8-10-16(19)11-9-14/h3-12,17H,1-2H3,(H,20,21)/t12-,17+/m1/s1. The summed E-state index contributed by atoms with van der Waals surface area (Å²) < 4.78 is 0. The van der Waals surface area contributed by atoms with Crippen LogP contribution >= 0.6 is 11.6 Å². The smallest absolute Gasteiger partial charge is 0.217 e. The SMILES string of the molecule is CC(=O)N[C@H](c1ccc(Cl)cc1)[C@@H](C)C(=O)c1ccccc1. The molecule has 1 N–H and O–H groups in total. The first-order valence-corrected chi connectivity index (χ1v) is 7.48. The Kier molecular flexibility index (Phi) is 5.34. The minimum Gasteiger partial charge on any atom is -0.349 e. The Hall–Kier alpha value is -2.13. The van der Waals surface area contributed by atoms with Crippen LogP contribution in [0.25, 0.3) is 0 Å². The number of ketones is 1. The zero-order valence-corrected chi connectivity index (χ0v) is 13.3. The van der Waals surface area contributed by atoms with Crippen LogP contribution in [-0.4, -0.2) is 11.7 Å². The van der Waals surface area contributed by atoms with Crippen LogP contribution < -0.4 is 5.32 Å². The molecule has 0 heterocycles. The molecule has 0 bridgehead atoms. The summed E-state index contributed by atoms with van der Waals surface area (Å²) in [6.07, 6.45) is 0. The van der Waals surface area contributed by atoms with Crippen molar-refractivity contribution in [3.8, 4) is 0 Å². The minimum atomic E-state index is -0.387. The van der Waals surface area contributed by atoms with Crippen LogP contribution in [0.3, 0.4) is 0 Å². The number of hydrogen-bond donors (Lipinski definition) is 1. The molecule has 3 nitrogen and oxygen atoms in total. The van der Waals surface area contributed by atoms with Crippen LogP contribution in [0.15, 0.2) is 54.6 Å². The fourth-order valence-corrected chi connectivity index (χ4v) is 2.53. The summed E-state index contributed by atoms with van der Waals surface area (Å²) in [6, 6.07) is 15.9. The van der Waals surface area contributed by atoms with Gasteiger partial charge in [0.25, 0.3) is 0 Å². The van der Waals surface area contributed by atoms with Gasteiger partial charge >= 0.3 is 0 Å². The number of rotatable bonds is 5. The van der Waals surface area contributed by atoms with E-state index in [0.717, 1.165) is 5.56 Å². The molecule has 2 rings (SSSR count). The Balaban J connectivity index is 2.30. The van der Waals surface area contributed by atoms with Crippen molar-refractivity contribution in [2.45, 2.75) is 19.9 Å². The highest BCUT2D eigenvalue weighted by Gasteiger charge is 2.27. The van der Waals surface area contributed by atoms with Crippen molar-refractivity contribution < 1.29 is 9.59 Å². The molecule has 2 aromatic rings. The maximum Gasteiger partial charge on any atom is 0.217 e. The molecule has 2 atom stereocenters. The molecule has 4 heteroatoms. The van der Waals surface area contributed by atoms with Gasteiger partial charge in [-0.05, 0) is 17.7 Å². The summed E-state index contributed by atoms with van der Waals surface area (Å²) in [5, 5.41) is 3.48. The maximum absolute atomic E-state index is 12.6. The molecule has 1 amide bonds. The van der Waals surface area contributed by atoms with Crippen LogP contribution in [0.2, 0.25) is 5.02 Å². The van der Waals surface area contributed by atoms with E-state index in [1.165, 1.54) is 6.92 Å². The van der Waals surface area contributed by atoms with E-state index in [2.05, 4.69) is 5.32 Å². The molecule has 0 saturated heterocycles. The second-order valence-corrected chi connectivity index (χ2v) is 5.69. The van der Waals surface area contributed by atoms with E-state index < -0.39 is 0 Å². The summed E-state index contributed by atoms with van der Waals surface area (Å²) in [7, 11) is 0. The topological polar surface area (TPSA) is 46.2 Å². The second-order valence-electron chi connectivity index (χ2n) is 5.25. The number of amides is 1. The third-order valence-corrected chi connectivity index (χ3v) is 3.81. The van der Waals surface area contributed by atoms with Crippen molar-refractivity contribution in [3.05, 3.63) is 70.7 Å². The molecule has 0 aliphatic carbocycles. The Morgan fingerprint density at radius 1 is 1.00 bits per heavy atom. The average Bonchev–Trinajstić information content (AvgIpc) is 2.53. The fourth-order valence-electron chi connectivity index (χ4n) is 2.40. The molecule has 0 fully saturated rings. The number of Topliss-reactive ketones (excluding diaryl/α,β-unsaturated/α-hetero) is 1. The lowest BCUT2D eigenvalue weighted by Crippen LogP contribution is -2.34. The Bertz CT molecular complexity index is 653.